The number of rotatable bonds is 5. The standard InChI is InChI=1S/C23H23N5OS/c1-3-14-5-9-16(10-6-14)27-23(29)28-17-11-7-15(8-12-17)19-18(4-2)30-22-20(19)21(24)25-13-26-22/h5-13H,3-4H2,1-2H3,(H2,24,25,26)(H2,27,28,29). The number of carbonyl (C=O) groups is 1. The number of amides is 2. The molecule has 30 heavy (non-hydrogen) atoms. The van der Waals surface area contributed by atoms with Gasteiger partial charge in [-0.25, -0.2) is 14.8 Å². The van der Waals surface area contributed by atoms with Crippen LogP contribution in [0, 0.1) is 0 Å². The number of aryl methyl sites for hydroxylation is 2. The van der Waals surface area contributed by atoms with Crippen LogP contribution in [0.5, 0.6) is 0 Å². The highest BCUT2D eigenvalue weighted by Gasteiger charge is 2.17. The van der Waals surface area contributed by atoms with Gasteiger partial charge in [-0.15, -0.1) is 11.3 Å². The van der Waals surface area contributed by atoms with Crippen molar-refractivity contribution in [3.63, 3.8) is 0 Å². The van der Waals surface area contributed by atoms with Crippen LogP contribution in [-0.4, -0.2) is 16.0 Å². The van der Waals surface area contributed by atoms with Gasteiger partial charge in [0, 0.05) is 21.8 Å². The number of nitrogens with two attached hydrogens (primary N) is 1. The first kappa shape index (κ1) is 19.8. The molecular formula is C23H23N5OS. The first-order valence-electron chi connectivity index (χ1n) is 9.88. The van der Waals surface area contributed by atoms with Gasteiger partial charge < -0.3 is 16.4 Å². The van der Waals surface area contributed by atoms with Gasteiger partial charge in [0.2, 0.25) is 0 Å². The lowest BCUT2D eigenvalue weighted by atomic mass is 10.0. The van der Waals surface area contributed by atoms with Gasteiger partial charge >= 0.3 is 6.03 Å². The summed E-state index contributed by atoms with van der Waals surface area (Å²) in [6.07, 6.45) is 3.35. The van der Waals surface area contributed by atoms with Crippen LogP contribution in [0.25, 0.3) is 21.3 Å². The molecule has 0 aliphatic rings. The summed E-state index contributed by atoms with van der Waals surface area (Å²) in [6.45, 7) is 4.22. The Hall–Kier alpha value is -3.45. The number of benzene rings is 2. The highest BCUT2D eigenvalue weighted by molar-refractivity contribution is 7.19. The Labute approximate surface area is 179 Å². The lowest BCUT2D eigenvalue weighted by molar-refractivity contribution is 0.262. The molecule has 2 heterocycles. The number of nitrogen functional groups attached to an aromatic ring is 1. The Morgan fingerprint density at radius 2 is 1.57 bits per heavy atom. The molecule has 4 N–H and O–H groups in total. The maximum absolute atomic E-state index is 12.3. The van der Waals surface area contributed by atoms with E-state index in [0.29, 0.717) is 11.5 Å². The molecule has 0 atom stereocenters. The van der Waals surface area contributed by atoms with Gasteiger partial charge in [0.05, 0.1) is 5.39 Å². The van der Waals surface area contributed by atoms with E-state index >= 15 is 0 Å². The molecule has 0 unspecified atom stereocenters. The van der Waals surface area contributed by atoms with Crippen LogP contribution in [0.15, 0.2) is 54.9 Å². The third kappa shape index (κ3) is 3.97. The Balaban J connectivity index is 1.53. The predicted molar refractivity (Wildman–Crippen MR) is 125 cm³/mol. The zero-order chi connectivity index (χ0) is 21.1. The number of hydrogen-bond donors (Lipinski definition) is 3. The molecule has 0 saturated heterocycles. The van der Waals surface area contributed by atoms with Crippen LogP contribution in [0.1, 0.15) is 24.3 Å². The summed E-state index contributed by atoms with van der Waals surface area (Å²) in [7, 11) is 0. The number of hydrogen-bond acceptors (Lipinski definition) is 5. The first-order chi connectivity index (χ1) is 14.6. The van der Waals surface area contributed by atoms with Gasteiger partial charge in [-0.3, -0.25) is 0 Å². The second kappa shape index (κ2) is 8.51. The van der Waals surface area contributed by atoms with Gasteiger partial charge in [0.25, 0.3) is 0 Å². The fourth-order valence-corrected chi connectivity index (χ4v) is 4.50. The first-order valence-corrected chi connectivity index (χ1v) is 10.7. The zero-order valence-electron chi connectivity index (χ0n) is 16.9. The van der Waals surface area contributed by atoms with Crippen LogP contribution in [0.3, 0.4) is 0 Å². The average Bonchev–Trinajstić information content (AvgIpc) is 3.15. The Kier molecular flexibility index (Phi) is 5.63. The average molecular weight is 418 g/mol. The third-order valence-corrected chi connectivity index (χ3v) is 6.21. The van der Waals surface area contributed by atoms with E-state index in [1.54, 1.807) is 11.3 Å². The highest BCUT2D eigenvalue weighted by atomic mass is 32.1. The summed E-state index contributed by atoms with van der Waals surface area (Å²) in [6, 6.07) is 15.3. The topological polar surface area (TPSA) is 92.9 Å². The van der Waals surface area contributed by atoms with Crippen molar-refractivity contribution in [2.24, 2.45) is 0 Å². The van der Waals surface area contributed by atoms with E-state index in [0.717, 1.165) is 39.9 Å². The normalized spacial score (nSPS) is 10.9. The molecule has 2 aromatic carbocycles. The summed E-state index contributed by atoms with van der Waals surface area (Å²) in [5.41, 5.74) is 10.9. The van der Waals surface area contributed by atoms with Gasteiger partial charge in [-0.1, -0.05) is 38.1 Å². The van der Waals surface area contributed by atoms with Crippen LogP contribution >= 0.6 is 11.3 Å². The molecule has 4 rings (SSSR count). The minimum Gasteiger partial charge on any atom is -0.383 e. The van der Waals surface area contributed by atoms with E-state index in [1.807, 2.05) is 48.5 Å². The second-order valence-electron chi connectivity index (χ2n) is 6.90. The zero-order valence-corrected chi connectivity index (χ0v) is 17.7. The number of nitrogens with zero attached hydrogens (tertiary/aromatic N) is 2. The maximum Gasteiger partial charge on any atom is 0.323 e. The number of urea groups is 1. The van der Waals surface area contributed by atoms with Crippen molar-refractivity contribution in [2.75, 3.05) is 16.4 Å². The molecule has 0 bridgehead atoms. The van der Waals surface area contributed by atoms with Crippen LogP contribution in [0.4, 0.5) is 22.0 Å². The molecule has 152 valence electrons. The number of anilines is 3. The molecule has 0 aliphatic heterocycles. The smallest absolute Gasteiger partial charge is 0.323 e. The van der Waals surface area contributed by atoms with Gasteiger partial charge in [-0.2, -0.15) is 0 Å². The molecular weight excluding hydrogens is 394 g/mol. The Morgan fingerprint density at radius 3 is 2.17 bits per heavy atom. The van der Waals surface area contributed by atoms with Crippen LogP contribution in [-0.2, 0) is 12.8 Å². The van der Waals surface area contributed by atoms with Crippen molar-refractivity contribution >= 4 is 44.8 Å². The van der Waals surface area contributed by atoms with E-state index in [-0.39, 0.29) is 6.03 Å². The number of carbonyl (C=O) groups excluding carboxylic acids is 1. The molecule has 0 radical (unpaired) electrons. The summed E-state index contributed by atoms with van der Waals surface area (Å²) in [5.74, 6) is 0.488. The van der Waals surface area contributed by atoms with Gasteiger partial charge in [0.15, 0.2) is 0 Å². The SMILES string of the molecule is CCc1ccc(NC(=O)Nc2ccc(-c3c(CC)sc4ncnc(N)c34)cc2)cc1. The molecule has 4 aromatic rings. The van der Waals surface area contributed by atoms with Crippen LogP contribution in [0.2, 0.25) is 0 Å². The summed E-state index contributed by atoms with van der Waals surface area (Å²) in [5, 5.41) is 6.62. The third-order valence-electron chi connectivity index (χ3n) is 4.96. The van der Waals surface area contributed by atoms with Crippen LogP contribution < -0.4 is 16.4 Å². The Bertz CT molecular complexity index is 1180. The second-order valence-corrected chi connectivity index (χ2v) is 7.98. The van der Waals surface area contributed by atoms with Crippen molar-refractivity contribution in [3.8, 4) is 11.1 Å². The van der Waals surface area contributed by atoms with Crippen molar-refractivity contribution < 1.29 is 4.79 Å². The lowest BCUT2D eigenvalue weighted by Crippen LogP contribution is -2.19. The monoisotopic (exact) mass is 417 g/mol. The minimum atomic E-state index is -0.278. The molecule has 0 fully saturated rings. The maximum atomic E-state index is 12.3. The van der Waals surface area contributed by atoms with Crippen molar-refractivity contribution in [1.29, 1.82) is 0 Å². The van der Waals surface area contributed by atoms with Crippen molar-refractivity contribution in [1.82, 2.24) is 9.97 Å². The van der Waals surface area contributed by atoms with E-state index in [4.69, 9.17) is 5.73 Å². The van der Waals surface area contributed by atoms with Crippen molar-refractivity contribution in [3.05, 3.63) is 65.3 Å². The molecule has 6 nitrogen and oxygen atoms in total. The fourth-order valence-electron chi connectivity index (χ4n) is 3.39. The largest absolute Gasteiger partial charge is 0.383 e. The summed E-state index contributed by atoms with van der Waals surface area (Å²) in [4.78, 5) is 22.9. The number of aromatic nitrogens is 2. The molecule has 2 aromatic heterocycles. The molecule has 2 amide bonds. The summed E-state index contributed by atoms with van der Waals surface area (Å²) < 4.78 is 0. The molecule has 0 spiro atoms. The number of thiophene rings is 1. The van der Waals surface area contributed by atoms with Crippen molar-refractivity contribution in [2.45, 2.75) is 26.7 Å². The highest BCUT2D eigenvalue weighted by Crippen LogP contribution is 2.40. The predicted octanol–water partition coefficient (Wildman–Crippen LogP) is 5.71. The molecule has 0 saturated carbocycles. The fraction of sp³-hybridized carbons (Fsp3) is 0.174. The molecule has 7 heteroatoms. The quantitative estimate of drug-likeness (QED) is 0.388. The number of nitrogens with one attached hydrogen (secondary N) is 2. The Morgan fingerprint density at radius 1 is 0.933 bits per heavy atom. The van der Waals surface area contributed by atoms with E-state index in [1.165, 1.54) is 16.8 Å². The minimum absolute atomic E-state index is 0.278. The van der Waals surface area contributed by atoms with E-state index in [9.17, 15) is 4.79 Å². The van der Waals surface area contributed by atoms with E-state index in [2.05, 4.69) is 34.4 Å². The van der Waals surface area contributed by atoms with Gasteiger partial charge in [0.1, 0.15) is 17.0 Å². The van der Waals surface area contributed by atoms with Gasteiger partial charge in [-0.05, 0) is 48.2 Å². The number of fused-ring (bicyclic) bond motifs is 1. The summed E-state index contributed by atoms with van der Waals surface area (Å²) >= 11 is 1.64. The lowest BCUT2D eigenvalue weighted by Gasteiger charge is -2.10. The van der Waals surface area contributed by atoms with E-state index < -0.39 is 0 Å². The molecule has 0 aliphatic carbocycles.